The van der Waals surface area contributed by atoms with Crippen LogP contribution in [0.5, 0.6) is 5.75 Å². The average Bonchev–Trinajstić information content (AvgIpc) is 2.83. The van der Waals surface area contributed by atoms with Crippen molar-refractivity contribution in [2.45, 2.75) is 20.1 Å². The van der Waals surface area contributed by atoms with Gasteiger partial charge in [0.15, 0.2) is 5.78 Å². The molecule has 0 saturated carbocycles. The summed E-state index contributed by atoms with van der Waals surface area (Å²) >= 11 is 0. The molecule has 5 heteroatoms. The van der Waals surface area contributed by atoms with Gasteiger partial charge in [-0.05, 0) is 24.6 Å². The Kier molecular flexibility index (Phi) is 4.53. The van der Waals surface area contributed by atoms with Crippen molar-refractivity contribution in [1.82, 2.24) is 9.78 Å². The first kappa shape index (κ1) is 14.3. The van der Waals surface area contributed by atoms with Crippen molar-refractivity contribution in [1.29, 1.82) is 0 Å². The van der Waals surface area contributed by atoms with Gasteiger partial charge in [0.2, 0.25) is 0 Å². The van der Waals surface area contributed by atoms with E-state index < -0.39 is 0 Å². The van der Waals surface area contributed by atoms with Crippen LogP contribution in [0.3, 0.4) is 0 Å². The van der Waals surface area contributed by atoms with Gasteiger partial charge in [-0.3, -0.25) is 9.48 Å². The molecule has 1 aromatic carbocycles. The number of aromatic nitrogens is 2. The molecular weight excluding hydrogens is 256 g/mol. The summed E-state index contributed by atoms with van der Waals surface area (Å²) in [5.41, 5.74) is 2.38. The largest absolute Gasteiger partial charge is 0.497 e. The van der Waals surface area contributed by atoms with Crippen molar-refractivity contribution in [3.8, 4) is 5.75 Å². The van der Waals surface area contributed by atoms with Gasteiger partial charge in [-0.1, -0.05) is 12.1 Å². The Balaban J connectivity index is 2.19. The lowest BCUT2D eigenvalue weighted by atomic mass is 10.2. The summed E-state index contributed by atoms with van der Waals surface area (Å²) in [6.45, 7) is 2.48. The normalized spacial score (nSPS) is 10.6. The smallest absolute Gasteiger partial charge is 0.163 e. The van der Waals surface area contributed by atoms with Crippen molar-refractivity contribution >= 4 is 5.78 Å². The van der Waals surface area contributed by atoms with Gasteiger partial charge >= 0.3 is 0 Å². The first-order chi connectivity index (χ1) is 9.63. The van der Waals surface area contributed by atoms with Crippen LogP contribution in [-0.4, -0.2) is 29.8 Å². The number of hydrogen-bond acceptors (Lipinski definition) is 4. The molecule has 0 N–H and O–H groups in total. The summed E-state index contributed by atoms with van der Waals surface area (Å²) in [6, 6.07) is 7.76. The molecule has 0 aliphatic rings. The highest BCUT2D eigenvalue weighted by atomic mass is 16.5. The molecule has 0 unspecified atom stereocenters. The van der Waals surface area contributed by atoms with Crippen LogP contribution in [0.2, 0.25) is 0 Å². The zero-order chi connectivity index (χ0) is 14.5. The number of methoxy groups -OCH3 is 2. The molecule has 0 radical (unpaired) electrons. The van der Waals surface area contributed by atoms with Gasteiger partial charge in [0.05, 0.1) is 31.5 Å². The molecule has 1 heterocycles. The second-order valence-electron chi connectivity index (χ2n) is 4.52. The third-order valence-electron chi connectivity index (χ3n) is 3.00. The fourth-order valence-corrected chi connectivity index (χ4v) is 2.00. The summed E-state index contributed by atoms with van der Waals surface area (Å²) in [4.78, 5) is 11.6. The second kappa shape index (κ2) is 6.34. The highest BCUT2D eigenvalue weighted by Crippen LogP contribution is 2.14. The van der Waals surface area contributed by atoms with Crippen LogP contribution in [-0.2, 0) is 17.9 Å². The Morgan fingerprint density at radius 3 is 2.50 bits per heavy atom. The molecule has 0 aliphatic heterocycles. The zero-order valence-electron chi connectivity index (χ0n) is 11.9. The van der Waals surface area contributed by atoms with Crippen molar-refractivity contribution < 1.29 is 14.3 Å². The minimum Gasteiger partial charge on any atom is -0.497 e. The summed E-state index contributed by atoms with van der Waals surface area (Å²) in [6.07, 6.45) is 1.76. The van der Waals surface area contributed by atoms with Gasteiger partial charge in [-0.15, -0.1) is 0 Å². The van der Waals surface area contributed by atoms with Crippen molar-refractivity contribution in [2.75, 3.05) is 14.2 Å². The highest BCUT2D eigenvalue weighted by molar-refractivity contribution is 5.94. The van der Waals surface area contributed by atoms with Crippen LogP contribution in [0.1, 0.15) is 28.5 Å². The zero-order valence-corrected chi connectivity index (χ0v) is 11.9. The number of Topliss-reactive ketones (excluding diaryl/α,β-unsaturated/α-hetero) is 1. The number of benzene rings is 1. The Bertz CT molecular complexity index is 588. The molecule has 0 atom stereocenters. The average molecular weight is 274 g/mol. The minimum absolute atomic E-state index is 0.00182. The molecular formula is C15H18N2O3. The second-order valence-corrected chi connectivity index (χ2v) is 4.52. The lowest BCUT2D eigenvalue weighted by Crippen LogP contribution is -2.01. The van der Waals surface area contributed by atoms with Gasteiger partial charge in [0.1, 0.15) is 5.75 Å². The number of ether oxygens (including phenoxy) is 2. The molecule has 0 saturated heterocycles. The molecule has 1 aromatic heterocycles. The molecule has 2 aromatic rings. The summed E-state index contributed by atoms with van der Waals surface area (Å²) in [7, 11) is 3.23. The maximum atomic E-state index is 11.6. The predicted molar refractivity (Wildman–Crippen MR) is 75.0 cm³/mol. The van der Waals surface area contributed by atoms with Gasteiger partial charge in [-0.25, -0.2) is 0 Å². The Labute approximate surface area is 118 Å². The van der Waals surface area contributed by atoms with E-state index in [-0.39, 0.29) is 5.78 Å². The monoisotopic (exact) mass is 274 g/mol. The van der Waals surface area contributed by atoms with Crippen LogP contribution < -0.4 is 4.74 Å². The van der Waals surface area contributed by atoms with Gasteiger partial charge in [0.25, 0.3) is 0 Å². The van der Waals surface area contributed by atoms with E-state index >= 15 is 0 Å². The van der Waals surface area contributed by atoms with Gasteiger partial charge in [0, 0.05) is 13.3 Å². The van der Waals surface area contributed by atoms with Crippen LogP contribution >= 0.6 is 0 Å². The fourth-order valence-electron chi connectivity index (χ4n) is 2.00. The standard InChI is InChI=1S/C15H18N2O3/c1-11(18)14-9-17(16-15(14)10-19-2)8-12-4-6-13(20-3)7-5-12/h4-7,9H,8,10H2,1-3H3. The van der Waals surface area contributed by atoms with E-state index in [2.05, 4.69) is 5.10 Å². The number of nitrogens with zero attached hydrogens (tertiary/aromatic N) is 2. The molecule has 2 rings (SSSR count). The number of carbonyl (C=O) groups excluding carboxylic acids is 1. The van der Waals surface area contributed by atoms with E-state index in [1.54, 1.807) is 25.1 Å². The van der Waals surface area contributed by atoms with Crippen LogP contribution in [0.4, 0.5) is 0 Å². The summed E-state index contributed by atoms with van der Waals surface area (Å²) < 4.78 is 11.9. The maximum absolute atomic E-state index is 11.6. The number of carbonyl (C=O) groups is 1. The van der Waals surface area contributed by atoms with Crippen molar-refractivity contribution in [3.05, 3.63) is 47.3 Å². The molecule has 0 spiro atoms. The van der Waals surface area contributed by atoms with E-state index in [1.807, 2.05) is 24.3 Å². The topological polar surface area (TPSA) is 53.4 Å². The SMILES string of the molecule is COCc1nn(Cc2ccc(OC)cc2)cc1C(C)=O. The number of hydrogen-bond donors (Lipinski definition) is 0. The minimum atomic E-state index is -0.00182. The molecule has 0 bridgehead atoms. The summed E-state index contributed by atoms with van der Waals surface area (Å²) in [5, 5.41) is 4.40. The molecule has 0 amide bonds. The molecule has 0 fully saturated rings. The van der Waals surface area contributed by atoms with E-state index in [0.29, 0.717) is 24.4 Å². The van der Waals surface area contributed by atoms with Crippen molar-refractivity contribution in [3.63, 3.8) is 0 Å². The lowest BCUT2D eigenvalue weighted by Gasteiger charge is -2.03. The number of rotatable bonds is 6. The van der Waals surface area contributed by atoms with Gasteiger partial charge < -0.3 is 9.47 Å². The van der Waals surface area contributed by atoms with Crippen LogP contribution in [0.15, 0.2) is 30.5 Å². The Morgan fingerprint density at radius 1 is 1.25 bits per heavy atom. The fraction of sp³-hybridized carbons (Fsp3) is 0.333. The van der Waals surface area contributed by atoms with E-state index in [1.165, 1.54) is 6.92 Å². The quantitative estimate of drug-likeness (QED) is 0.758. The van der Waals surface area contributed by atoms with Gasteiger partial charge in [-0.2, -0.15) is 5.10 Å². The first-order valence-corrected chi connectivity index (χ1v) is 6.33. The Morgan fingerprint density at radius 2 is 1.95 bits per heavy atom. The van der Waals surface area contributed by atoms with Crippen molar-refractivity contribution in [2.24, 2.45) is 0 Å². The third kappa shape index (κ3) is 3.24. The van der Waals surface area contributed by atoms with E-state index in [0.717, 1.165) is 11.3 Å². The maximum Gasteiger partial charge on any atom is 0.163 e. The highest BCUT2D eigenvalue weighted by Gasteiger charge is 2.12. The molecule has 0 aliphatic carbocycles. The van der Waals surface area contributed by atoms with Crippen LogP contribution in [0.25, 0.3) is 0 Å². The Hall–Kier alpha value is -2.14. The predicted octanol–water partition coefficient (Wildman–Crippen LogP) is 2.29. The lowest BCUT2D eigenvalue weighted by molar-refractivity contribution is 0.101. The van der Waals surface area contributed by atoms with E-state index in [4.69, 9.17) is 9.47 Å². The third-order valence-corrected chi connectivity index (χ3v) is 3.00. The summed E-state index contributed by atoms with van der Waals surface area (Å²) in [5.74, 6) is 0.816. The van der Waals surface area contributed by atoms with E-state index in [9.17, 15) is 4.79 Å². The molecule has 106 valence electrons. The van der Waals surface area contributed by atoms with Crippen LogP contribution in [0, 0.1) is 0 Å². The first-order valence-electron chi connectivity index (χ1n) is 6.33. The molecule has 20 heavy (non-hydrogen) atoms. The molecule has 5 nitrogen and oxygen atoms in total. The number of ketones is 1.